The highest BCUT2D eigenvalue weighted by Gasteiger charge is 2.37. The molecule has 1 rings (SSSR count). The van der Waals surface area contributed by atoms with Crippen LogP contribution < -0.4 is 0 Å². The second kappa shape index (κ2) is 6.35. The Labute approximate surface area is 88.4 Å². The van der Waals surface area contributed by atoms with Gasteiger partial charge in [0, 0.05) is 0 Å². The summed E-state index contributed by atoms with van der Waals surface area (Å²) in [5.74, 6) is 0. The molecule has 0 bridgehead atoms. The maximum atomic E-state index is 12.8. The average Bonchev–Trinajstić information content (AvgIpc) is 2.96. The topological polar surface area (TPSA) is 42.0 Å². The summed E-state index contributed by atoms with van der Waals surface area (Å²) in [6, 6.07) is 0. The molecule has 3 nitrogen and oxygen atoms in total. The predicted molar refractivity (Wildman–Crippen MR) is 51.3 cm³/mol. The fraction of sp³-hybridized carbons (Fsp3) is 1.00. The van der Waals surface area contributed by atoms with E-state index in [0.717, 1.165) is 12.8 Å². The number of rotatable bonds is 8. The van der Waals surface area contributed by atoms with E-state index in [1.165, 1.54) is 0 Å². The van der Waals surface area contributed by atoms with E-state index in [-0.39, 0.29) is 18.8 Å². The molecule has 1 aliphatic rings. The molecule has 0 aliphatic carbocycles. The van der Waals surface area contributed by atoms with Gasteiger partial charge in [0.25, 0.3) is 0 Å². The third kappa shape index (κ3) is 4.40. The molecule has 0 radical (unpaired) electrons. The van der Waals surface area contributed by atoms with Crippen LogP contribution in [0.4, 0.5) is 8.78 Å². The Bertz CT molecular complexity index is 180. The standard InChI is InChI=1S/C10H18F2O3/c1-2-3-9-10(15-9)6-14-5-8(12)7(11)4-13/h7-10,13H,2-6H2,1H3. The highest BCUT2D eigenvalue weighted by Crippen LogP contribution is 2.26. The first kappa shape index (κ1) is 12.8. The molecule has 1 fully saturated rings. The van der Waals surface area contributed by atoms with Crippen LogP contribution in [-0.2, 0) is 9.47 Å². The number of aliphatic hydroxyl groups excluding tert-OH is 1. The van der Waals surface area contributed by atoms with Crippen LogP contribution in [0.3, 0.4) is 0 Å². The lowest BCUT2D eigenvalue weighted by Crippen LogP contribution is -2.26. The van der Waals surface area contributed by atoms with Crippen LogP contribution in [0.15, 0.2) is 0 Å². The zero-order valence-electron chi connectivity index (χ0n) is 8.86. The molecule has 0 aromatic rings. The van der Waals surface area contributed by atoms with Crippen molar-refractivity contribution < 1.29 is 23.4 Å². The van der Waals surface area contributed by atoms with Gasteiger partial charge in [0.2, 0.25) is 0 Å². The molecule has 0 spiro atoms. The van der Waals surface area contributed by atoms with Crippen molar-refractivity contribution in [2.24, 2.45) is 0 Å². The average molecular weight is 224 g/mol. The molecule has 1 N–H and O–H groups in total. The first-order valence-corrected chi connectivity index (χ1v) is 5.31. The van der Waals surface area contributed by atoms with Crippen LogP contribution >= 0.6 is 0 Å². The van der Waals surface area contributed by atoms with E-state index in [1.54, 1.807) is 0 Å². The monoisotopic (exact) mass is 224 g/mol. The molecule has 0 aromatic heterocycles. The highest BCUT2D eigenvalue weighted by molar-refractivity contribution is 4.84. The largest absolute Gasteiger partial charge is 0.393 e. The maximum Gasteiger partial charge on any atom is 0.157 e. The molecule has 0 amide bonds. The number of aliphatic hydroxyl groups is 1. The van der Waals surface area contributed by atoms with Crippen molar-refractivity contribution in [1.29, 1.82) is 0 Å². The van der Waals surface area contributed by atoms with E-state index in [1.807, 2.05) is 0 Å². The summed E-state index contributed by atoms with van der Waals surface area (Å²) in [4.78, 5) is 0. The number of alkyl halides is 2. The van der Waals surface area contributed by atoms with Crippen LogP contribution in [0.1, 0.15) is 19.8 Å². The SMILES string of the molecule is CCCC1OC1COCC(F)C(F)CO. The Morgan fingerprint density at radius 2 is 2.07 bits per heavy atom. The predicted octanol–water partition coefficient (Wildman–Crippen LogP) is 1.24. The molecule has 1 aliphatic heterocycles. The van der Waals surface area contributed by atoms with Crippen LogP contribution in [-0.4, -0.2) is 49.5 Å². The lowest BCUT2D eigenvalue weighted by Gasteiger charge is -2.10. The van der Waals surface area contributed by atoms with Crippen molar-refractivity contribution in [2.45, 2.75) is 44.3 Å². The van der Waals surface area contributed by atoms with E-state index >= 15 is 0 Å². The van der Waals surface area contributed by atoms with E-state index in [0.29, 0.717) is 6.61 Å². The van der Waals surface area contributed by atoms with Gasteiger partial charge in [-0.15, -0.1) is 0 Å². The molecule has 4 unspecified atom stereocenters. The smallest absolute Gasteiger partial charge is 0.157 e. The van der Waals surface area contributed by atoms with Gasteiger partial charge in [0.05, 0.1) is 25.9 Å². The normalized spacial score (nSPS) is 28.8. The van der Waals surface area contributed by atoms with Crippen molar-refractivity contribution in [1.82, 2.24) is 0 Å². The van der Waals surface area contributed by atoms with E-state index < -0.39 is 19.0 Å². The Kier molecular flexibility index (Phi) is 5.42. The Hall–Kier alpha value is -0.260. The summed E-state index contributed by atoms with van der Waals surface area (Å²) >= 11 is 0. The summed E-state index contributed by atoms with van der Waals surface area (Å²) in [7, 11) is 0. The van der Waals surface area contributed by atoms with E-state index in [4.69, 9.17) is 14.6 Å². The van der Waals surface area contributed by atoms with Gasteiger partial charge in [-0.1, -0.05) is 13.3 Å². The van der Waals surface area contributed by atoms with Gasteiger partial charge in [-0.3, -0.25) is 0 Å². The molecule has 15 heavy (non-hydrogen) atoms. The molecule has 4 atom stereocenters. The summed E-state index contributed by atoms with van der Waals surface area (Å²) in [6.45, 7) is 1.25. The third-order valence-electron chi connectivity index (χ3n) is 2.39. The lowest BCUT2D eigenvalue weighted by molar-refractivity contribution is 0.0172. The number of epoxide rings is 1. The van der Waals surface area contributed by atoms with Gasteiger partial charge >= 0.3 is 0 Å². The molecule has 0 aromatic carbocycles. The fourth-order valence-electron chi connectivity index (χ4n) is 1.38. The van der Waals surface area contributed by atoms with E-state index in [2.05, 4.69) is 6.92 Å². The Morgan fingerprint density at radius 3 is 2.67 bits per heavy atom. The number of hydrogen-bond acceptors (Lipinski definition) is 3. The van der Waals surface area contributed by atoms with Crippen LogP contribution in [0.2, 0.25) is 0 Å². The van der Waals surface area contributed by atoms with Gasteiger partial charge < -0.3 is 14.6 Å². The minimum absolute atomic E-state index is 0.0457. The van der Waals surface area contributed by atoms with Gasteiger partial charge in [-0.2, -0.15) is 0 Å². The zero-order valence-corrected chi connectivity index (χ0v) is 8.86. The Morgan fingerprint density at radius 1 is 1.33 bits per heavy atom. The number of halogens is 2. The van der Waals surface area contributed by atoms with Crippen LogP contribution in [0.5, 0.6) is 0 Å². The third-order valence-corrected chi connectivity index (χ3v) is 2.39. The van der Waals surface area contributed by atoms with Gasteiger partial charge in [-0.05, 0) is 6.42 Å². The molecule has 1 saturated heterocycles. The second-order valence-corrected chi connectivity index (χ2v) is 3.75. The molecule has 0 saturated carbocycles. The lowest BCUT2D eigenvalue weighted by atomic mass is 10.2. The highest BCUT2D eigenvalue weighted by atomic mass is 19.2. The Balaban J connectivity index is 1.98. The zero-order chi connectivity index (χ0) is 11.3. The van der Waals surface area contributed by atoms with Crippen molar-refractivity contribution in [3.8, 4) is 0 Å². The maximum absolute atomic E-state index is 12.8. The molecule has 1 heterocycles. The molecule has 5 heteroatoms. The van der Waals surface area contributed by atoms with Gasteiger partial charge in [-0.25, -0.2) is 8.78 Å². The molecule has 90 valence electrons. The van der Waals surface area contributed by atoms with E-state index in [9.17, 15) is 8.78 Å². The minimum atomic E-state index is -1.85. The summed E-state index contributed by atoms with van der Waals surface area (Å²) in [5, 5.41) is 8.34. The first-order valence-electron chi connectivity index (χ1n) is 5.31. The van der Waals surface area contributed by atoms with Gasteiger partial charge in [0.1, 0.15) is 6.10 Å². The fourth-order valence-corrected chi connectivity index (χ4v) is 1.38. The first-order chi connectivity index (χ1) is 7.19. The van der Waals surface area contributed by atoms with Gasteiger partial charge in [0.15, 0.2) is 12.3 Å². The molecular formula is C10H18F2O3. The summed E-state index contributed by atoms with van der Waals surface area (Å²) < 4.78 is 35.5. The minimum Gasteiger partial charge on any atom is -0.393 e. The van der Waals surface area contributed by atoms with Crippen LogP contribution in [0, 0.1) is 0 Å². The number of ether oxygens (including phenoxy) is 2. The number of hydrogen-bond donors (Lipinski definition) is 1. The van der Waals surface area contributed by atoms with Crippen LogP contribution in [0.25, 0.3) is 0 Å². The van der Waals surface area contributed by atoms with Crippen molar-refractivity contribution in [3.63, 3.8) is 0 Å². The second-order valence-electron chi connectivity index (χ2n) is 3.75. The quantitative estimate of drug-likeness (QED) is 0.631. The summed E-state index contributed by atoms with van der Waals surface area (Å²) in [6.07, 6.45) is -1.30. The molecular weight excluding hydrogens is 206 g/mol. The van der Waals surface area contributed by atoms with Crippen molar-refractivity contribution >= 4 is 0 Å². The van der Waals surface area contributed by atoms with Crippen molar-refractivity contribution in [2.75, 3.05) is 19.8 Å². The van der Waals surface area contributed by atoms with Crippen molar-refractivity contribution in [3.05, 3.63) is 0 Å². The summed E-state index contributed by atoms with van der Waals surface area (Å²) in [5.41, 5.74) is 0.